The largest absolute Gasteiger partial charge is 0.314 e. The van der Waals surface area contributed by atoms with E-state index >= 15 is 0 Å². The molecule has 0 radical (unpaired) electrons. The van der Waals surface area contributed by atoms with Crippen molar-refractivity contribution in [1.82, 2.24) is 10.2 Å². The number of hydrogen-bond acceptors (Lipinski definition) is 2. The monoisotopic (exact) mass is 144 g/mol. The molecular weight excluding hydrogens is 124 g/mol. The maximum absolute atomic E-state index is 3.36. The number of likely N-dealkylation sites (N-methyl/N-ethyl adjacent to an activating group) is 1. The predicted molar refractivity (Wildman–Crippen MR) is 48.4 cm³/mol. The summed E-state index contributed by atoms with van der Waals surface area (Å²) in [7, 11) is 2.15. The molecule has 1 saturated heterocycles. The summed E-state index contributed by atoms with van der Waals surface area (Å²) in [4.78, 5) is 2.33. The molecule has 1 aliphatic rings. The fourth-order valence-corrected chi connectivity index (χ4v) is 0.777. The van der Waals surface area contributed by atoms with Gasteiger partial charge in [0, 0.05) is 27.6 Å². The zero-order valence-corrected chi connectivity index (χ0v) is 7.06. The quantitative estimate of drug-likeness (QED) is 0.509. The first kappa shape index (κ1) is 9.66. The van der Waals surface area contributed by atoms with Crippen LogP contribution >= 0.6 is 0 Å². The fraction of sp³-hybridized carbons (Fsp3) is 0.750. The molecule has 1 N–H and O–H groups in total. The van der Waals surface area contributed by atoms with Gasteiger partial charge in [-0.15, -0.1) is 6.58 Å². The van der Waals surface area contributed by atoms with E-state index < -0.39 is 0 Å². The molecule has 0 atom stereocenters. The van der Waals surface area contributed by atoms with E-state index in [9.17, 15) is 0 Å². The van der Waals surface area contributed by atoms with Gasteiger partial charge in [0.1, 0.15) is 0 Å². The van der Waals surface area contributed by atoms with Crippen LogP contribution in [0.15, 0.2) is 12.7 Å². The van der Waals surface area contributed by atoms with Crippen LogP contribution in [0, 0.1) is 0 Å². The Bertz CT molecular complexity index is 80.2. The van der Waals surface area contributed by atoms with Crippen molar-refractivity contribution < 1.29 is 1.43 Å². The minimum Gasteiger partial charge on any atom is -0.314 e. The second-order valence-corrected chi connectivity index (χ2v) is 2.46. The summed E-state index contributed by atoms with van der Waals surface area (Å²) in [6.45, 7) is 9.99. The van der Waals surface area contributed by atoms with Crippen LogP contribution < -0.4 is 5.32 Å². The van der Waals surface area contributed by atoms with Gasteiger partial charge < -0.3 is 10.2 Å². The molecule has 62 valence electrons. The van der Waals surface area contributed by atoms with Crippen molar-refractivity contribution in [3.05, 3.63) is 12.7 Å². The van der Waals surface area contributed by atoms with E-state index in [1.165, 1.54) is 13.1 Å². The molecule has 0 bridgehead atoms. The Labute approximate surface area is 65.4 Å². The molecule has 0 saturated carbocycles. The first-order chi connectivity index (χ1) is 4.81. The molecule has 2 nitrogen and oxygen atoms in total. The first-order valence-electron chi connectivity index (χ1n) is 3.77. The van der Waals surface area contributed by atoms with E-state index in [2.05, 4.69) is 23.8 Å². The third-order valence-electron chi connectivity index (χ3n) is 1.34. The summed E-state index contributed by atoms with van der Waals surface area (Å²) in [5, 5.41) is 3.27. The molecule has 0 aromatic heterocycles. The zero-order valence-electron chi connectivity index (χ0n) is 7.06. The average Bonchev–Trinajstić information content (AvgIpc) is 1.91. The van der Waals surface area contributed by atoms with E-state index in [4.69, 9.17) is 0 Å². The SMILES string of the molecule is C=CC.CN1CCNCC1.[HH]. The molecule has 0 spiro atoms. The maximum atomic E-state index is 3.36. The first-order valence-corrected chi connectivity index (χ1v) is 3.77. The van der Waals surface area contributed by atoms with Crippen LogP contribution in [0.4, 0.5) is 0 Å². The van der Waals surface area contributed by atoms with Crippen molar-refractivity contribution in [2.75, 3.05) is 33.2 Å². The van der Waals surface area contributed by atoms with Gasteiger partial charge in [0.2, 0.25) is 0 Å². The summed E-state index contributed by atoms with van der Waals surface area (Å²) < 4.78 is 0. The molecule has 0 unspecified atom stereocenters. The number of rotatable bonds is 0. The van der Waals surface area contributed by atoms with Gasteiger partial charge in [0.05, 0.1) is 0 Å². The lowest BCUT2D eigenvalue weighted by molar-refractivity contribution is 0.291. The van der Waals surface area contributed by atoms with Crippen molar-refractivity contribution in [2.45, 2.75) is 6.92 Å². The Morgan fingerprint density at radius 2 is 1.90 bits per heavy atom. The lowest BCUT2D eigenvalue weighted by atomic mass is 10.4. The van der Waals surface area contributed by atoms with E-state index in [1.54, 1.807) is 6.08 Å². The summed E-state index contributed by atoms with van der Waals surface area (Å²) >= 11 is 0. The fourth-order valence-electron chi connectivity index (χ4n) is 0.777. The lowest BCUT2D eigenvalue weighted by Gasteiger charge is -2.21. The maximum Gasteiger partial charge on any atom is 0.0104 e. The zero-order chi connectivity index (χ0) is 7.82. The van der Waals surface area contributed by atoms with Crippen molar-refractivity contribution in [3.63, 3.8) is 0 Å². The Kier molecular flexibility index (Phi) is 6.55. The third-order valence-corrected chi connectivity index (χ3v) is 1.34. The van der Waals surface area contributed by atoms with Gasteiger partial charge in [-0.1, -0.05) is 6.08 Å². The van der Waals surface area contributed by atoms with Crippen LogP contribution in [0.1, 0.15) is 8.35 Å². The minimum atomic E-state index is 0. The molecule has 1 fully saturated rings. The van der Waals surface area contributed by atoms with Crippen molar-refractivity contribution in [1.29, 1.82) is 0 Å². The van der Waals surface area contributed by atoms with Gasteiger partial charge in [-0.3, -0.25) is 0 Å². The van der Waals surface area contributed by atoms with Crippen LogP contribution in [0.3, 0.4) is 0 Å². The number of hydrogen-bond donors (Lipinski definition) is 1. The van der Waals surface area contributed by atoms with Gasteiger partial charge in [-0.25, -0.2) is 0 Å². The average molecular weight is 144 g/mol. The number of piperazine rings is 1. The Balaban J connectivity index is 0. The Hall–Kier alpha value is -0.340. The van der Waals surface area contributed by atoms with Crippen LogP contribution in [0.25, 0.3) is 0 Å². The lowest BCUT2D eigenvalue weighted by Crippen LogP contribution is -2.40. The molecule has 1 heterocycles. The second-order valence-electron chi connectivity index (χ2n) is 2.46. The second kappa shape index (κ2) is 6.78. The van der Waals surface area contributed by atoms with Gasteiger partial charge in [-0.2, -0.15) is 0 Å². The highest BCUT2D eigenvalue weighted by molar-refractivity contribution is 4.62. The van der Waals surface area contributed by atoms with Gasteiger partial charge in [0.25, 0.3) is 0 Å². The smallest absolute Gasteiger partial charge is 0.0104 e. The normalized spacial score (nSPS) is 19.0. The number of allylic oxidation sites excluding steroid dienone is 1. The van der Waals surface area contributed by atoms with Crippen molar-refractivity contribution in [3.8, 4) is 0 Å². The van der Waals surface area contributed by atoms with Crippen LogP contribution in [0.5, 0.6) is 0 Å². The molecule has 1 rings (SSSR count). The molecule has 0 aromatic carbocycles. The third kappa shape index (κ3) is 5.79. The molecule has 1 aliphatic heterocycles. The molecule has 0 aliphatic carbocycles. The minimum absolute atomic E-state index is 0. The van der Waals surface area contributed by atoms with Crippen molar-refractivity contribution in [2.24, 2.45) is 0 Å². The van der Waals surface area contributed by atoms with E-state index in [1.807, 2.05) is 6.92 Å². The van der Waals surface area contributed by atoms with Crippen LogP contribution in [0.2, 0.25) is 0 Å². The number of nitrogens with one attached hydrogen (secondary N) is 1. The summed E-state index contributed by atoms with van der Waals surface area (Å²) in [5.74, 6) is 0. The summed E-state index contributed by atoms with van der Waals surface area (Å²) in [6.07, 6.45) is 1.75. The van der Waals surface area contributed by atoms with Gasteiger partial charge in [-0.05, 0) is 14.0 Å². The van der Waals surface area contributed by atoms with Crippen LogP contribution in [-0.2, 0) is 0 Å². The van der Waals surface area contributed by atoms with Crippen molar-refractivity contribution >= 4 is 0 Å². The summed E-state index contributed by atoms with van der Waals surface area (Å²) in [6, 6.07) is 0. The van der Waals surface area contributed by atoms with Gasteiger partial charge >= 0.3 is 0 Å². The molecule has 10 heavy (non-hydrogen) atoms. The van der Waals surface area contributed by atoms with E-state index in [0.717, 1.165) is 13.1 Å². The Morgan fingerprint density at radius 1 is 1.50 bits per heavy atom. The highest BCUT2D eigenvalue weighted by Crippen LogP contribution is 1.82. The van der Waals surface area contributed by atoms with Crippen LogP contribution in [-0.4, -0.2) is 38.1 Å². The predicted octanol–water partition coefficient (Wildman–Crippen LogP) is 0.960. The topological polar surface area (TPSA) is 15.3 Å². The van der Waals surface area contributed by atoms with E-state index in [0.29, 0.717) is 0 Å². The molecule has 0 aromatic rings. The van der Waals surface area contributed by atoms with E-state index in [-0.39, 0.29) is 1.43 Å². The highest BCUT2D eigenvalue weighted by atomic mass is 15.2. The highest BCUT2D eigenvalue weighted by Gasteiger charge is 2.01. The standard InChI is InChI=1S/C5H12N2.C3H6.H2/c1-7-4-2-6-3-5-7;1-3-2;/h6H,2-5H2,1H3;3H,1H2,2H3;1H. The summed E-state index contributed by atoms with van der Waals surface area (Å²) in [5.41, 5.74) is 0. The van der Waals surface area contributed by atoms with Gasteiger partial charge in [0.15, 0.2) is 0 Å². The molecule has 0 amide bonds. The molecular formula is C8H20N2. The number of nitrogens with zero attached hydrogens (tertiary/aromatic N) is 1. The Morgan fingerprint density at radius 3 is 2.10 bits per heavy atom. The molecule has 2 heteroatoms.